The molecule has 0 N–H and O–H groups in total. The molecule has 1 unspecified atom stereocenters. The van der Waals surface area contributed by atoms with Gasteiger partial charge in [-0.2, -0.15) is 0 Å². The molecule has 27 heavy (non-hydrogen) atoms. The Balaban J connectivity index is 1.59. The monoisotopic (exact) mass is 366 g/mol. The van der Waals surface area contributed by atoms with E-state index in [0.29, 0.717) is 31.9 Å². The molecular weight excluding hydrogens is 340 g/mol. The normalized spacial score (nSPS) is 15.5. The Kier molecular flexibility index (Phi) is 6.12. The highest BCUT2D eigenvalue weighted by Crippen LogP contribution is 2.27. The zero-order valence-electron chi connectivity index (χ0n) is 15.9. The molecule has 1 aliphatic rings. The third kappa shape index (κ3) is 4.67. The topological polar surface area (TPSA) is 49.9 Å². The van der Waals surface area contributed by atoms with Crippen LogP contribution in [0.25, 0.3) is 0 Å². The average molecular weight is 366 g/mol. The number of benzene rings is 2. The minimum atomic E-state index is -0.364. The first-order valence-electron chi connectivity index (χ1n) is 9.42. The number of hydrogen-bond acceptors (Lipinski definition) is 3. The van der Waals surface area contributed by atoms with Gasteiger partial charge in [0.05, 0.1) is 5.92 Å². The predicted molar refractivity (Wildman–Crippen MR) is 105 cm³/mol. The molecule has 0 spiro atoms. The van der Waals surface area contributed by atoms with Gasteiger partial charge in [0.15, 0.2) is 0 Å². The third-order valence-electron chi connectivity index (χ3n) is 4.89. The fraction of sp³-hybridized carbons (Fsp3) is 0.364. The van der Waals surface area contributed by atoms with Gasteiger partial charge < -0.3 is 14.5 Å². The first-order valence-corrected chi connectivity index (χ1v) is 9.42. The second-order valence-corrected chi connectivity index (χ2v) is 7.13. The lowest BCUT2D eigenvalue weighted by atomic mass is 9.87. The van der Waals surface area contributed by atoms with Crippen molar-refractivity contribution in [2.24, 2.45) is 5.92 Å². The van der Waals surface area contributed by atoms with Crippen molar-refractivity contribution in [3.8, 4) is 5.75 Å². The van der Waals surface area contributed by atoms with Crippen LogP contribution >= 0.6 is 0 Å². The van der Waals surface area contributed by atoms with Crippen LogP contribution in [0, 0.1) is 5.92 Å². The number of carbonyl (C=O) groups excluding carboxylic acids is 2. The molecule has 1 fully saturated rings. The van der Waals surface area contributed by atoms with Crippen LogP contribution in [0.4, 0.5) is 4.79 Å². The minimum absolute atomic E-state index is 0.132. The van der Waals surface area contributed by atoms with Gasteiger partial charge in [-0.05, 0) is 23.6 Å². The lowest BCUT2D eigenvalue weighted by molar-refractivity contribution is -0.135. The van der Waals surface area contributed by atoms with E-state index in [1.807, 2.05) is 53.4 Å². The van der Waals surface area contributed by atoms with Crippen molar-refractivity contribution in [3.63, 3.8) is 0 Å². The SMILES string of the molecule is CC(C)C(C(=O)N1CCN(C(=O)Oc2ccccc2)CC1)c1ccccc1. The summed E-state index contributed by atoms with van der Waals surface area (Å²) >= 11 is 0. The summed E-state index contributed by atoms with van der Waals surface area (Å²) in [7, 11) is 0. The zero-order chi connectivity index (χ0) is 19.2. The lowest BCUT2D eigenvalue weighted by Gasteiger charge is -2.36. The zero-order valence-corrected chi connectivity index (χ0v) is 15.9. The molecule has 0 saturated carbocycles. The van der Waals surface area contributed by atoms with Gasteiger partial charge in [0, 0.05) is 26.2 Å². The van der Waals surface area contributed by atoms with E-state index in [0.717, 1.165) is 5.56 Å². The molecule has 2 aromatic rings. The van der Waals surface area contributed by atoms with Crippen LogP contribution in [-0.2, 0) is 4.79 Å². The highest BCUT2D eigenvalue weighted by Gasteiger charge is 2.32. The fourth-order valence-electron chi connectivity index (χ4n) is 3.43. The van der Waals surface area contributed by atoms with Crippen molar-refractivity contribution in [1.29, 1.82) is 0 Å². The van der Waals surface area contributed by atoms with E-state index in [1.54, 1.807) is 17.0 Å². The number of amides is 2. The van der Waals surface area contributed by atoms with Crippen LogP contribution in [0.1, 0.15) is 25.3 Å². The van der Waals surface area contributed by atoms with E-state index in [1.165, 1.54) is 0 Å². The Morgan fingerprint density at radius 3 is 1.89 bits per heavy atom. The Hall–Kier alpha value is -2.82. The standard InChI is InChI=1S/C22H26N2O3/c1-17(2)20(18-9-5-3-6-10-18)21(25)23-13-15-24(16-14-23)22(26)27-19-11-7-4-8-12-19/h3-12,17,20H,13-16H2,1-2H3. The van der Waals surface area contributed by atoms with E-state index < -0.39 is 0 Å². The molecule has 1 saturated heterocycles. The number of nitrogens with zero attached hydrogens (tertiary/aromatic N) is 2. The molecule has 2 amide bonds. The Labute approximate surface area is 160 Å². The molecule has 0 radical (unpaired) electrons. The molecule has 1 heterocycles. The fourth-order valence-corrected chi connectivity index (χ4v) is 3.43. The summed E-state index contributed by atoms with van der Waals surface area (Å²) in [5.74, 6) is 0.715. The lowest BCUT2D eigenvalue weighted by Crippen LogP contribution is -2.52. The van der Waals surface area contributed by atoms with Gasteiger partial charge in [0.2, 0.25) is 5.91 Å². The van der Waals surface area contributed by atoms with Crippen LogP contribution in [0.15, 0.2) is 60.7 Å². The summed E-state index contributed by atoms with van der Waals surface area (Å²) in [6.45, 7) is 6.16. The summed E-state index contributed by atoms with van der Waals surface area (Å²) in [6, 6.07) is 19.0. The summed E-state index contributed by atoms with van der Waals surface area (Å²) in [5, 5.41) is 0. The maximum Gasteiger partial charge on any atom is 0.415 e. The number of para-hydroxylation sites is 1. The second kappa shape index (κ2) is 8.71. The van der Waals surface area contributed by atoms with Crippen molar-refractivity contribution in [1.82, 2.24) is 9.80 Å². The molecule has 3 rings (SSSR count). The molecule has 0 aromatic heterocycles. The molecular formula is C22H26N2O3. The Morgan fingerprint density at radius 2 is 1.33 bits per heavy atom. The van der Waals surface area contributed by atoms with E-state index in [9.17, 15) is 9.59 Å². The molecule has 0 bridgehead atoms. The van der Waals surface area contributed by atoms with Crippen molar-refractivity contribution in [2.75, 3.05) is 26.2 Å². The van der Waals surface area contributed by atoms with Gasteiger partial charge in [-0.1, -0.05) is 62.4 Å². The van der Waals surface area contributed by atoms with Gasteiger partial charge in [-0.25, -0.2) is 4.79 Å². The van der Waals surface area contributed by atoms with Crippen LogP contribution in [0.3, 0.4) is 0 Å². The second-order valence-electron chi connectivity index (χ2n) is 7.13. The summed E-state index contributed by atoms with van der Waals surface area (Å²) in [4.78, 5) is 28.9. The number of carbonyl (C=O) groups is 2. The summed E-state index contributed by atoms with van der Waals surface area (Å²) in [6.07, 6.45) is -0.364. The maximum absolute atomic E-state index is 13.1. The van der Waals surface area contributed by atoms with Crippen molar-refractivity contribution < 1.29 is 14.3 Å². The van der Waals surface area contributed by atoms with E-state index in [-0.39, 0.29) is 23.8 Å². The van der Waals surface area contributed by atoms with E-state index in [2.05, 4.69) is 13.8 Å². The van der Waals surface area contributed by atoms with Crippen molar-refractivity contribution >= 4 is 12.0 Å². The van der Waals surface area contributed by atoms with Crippen LogP contribution in [-0.4, -0.2) is 48.0 Å². The predicted octanol–water partition coefficient (Wildman–Crippen LogP) is 3.77. The highest BCUT2D eigenvalue weighted by molar-refractivity contribution is 5.84. The molecule has 142 valence electrons. The smallest absolute Gasteiger partial charge is 0.410 e. The number of ether oxygens (including phenoxy) is 1. The third-order valence-corrected chi connectivity index (χ3v) is 4.89. The van der Waals surface area contributed by atoms with Gasteiger partial charge in [-0.15, -0.1) is 0 Å². The summed E-state index contributed by atoms with van der Waals surface area (Å²) < 4.78 is 5.39. The number of piperazine rings is 1. The molecule has 5 heteroatoms. The minimum Gasteiger partial charge on any atom is -0.410 e. The maximum atomic E-state index is 13.1. The Morgan fingerprint density at radius 1 is 0.815 bits per heavy atom. The molecule has 5 nitrogen and oxygen atoms in total. The van der Waals surface area contributed by atoms with Gasteiger partial charge in [0.1, 0.15) is 5.75 Å². The van der Waals surface area contributed by atoms with Gasteiger partial charge >= 0.3 is 6.09 Å². The number of rotatable bonds is 4. The van der Waals surface area contributed by atoms with Crippen LogP contribution < -0.4 is 4.74 Å². The Bertz CT molecular complexity index is 754. The largest absolute Gasteiger partial charge is 0.415 e. The van der Waals surface area contributed by atoms with Gasteiger partial charge in [0.25, 0.3) is 0 Å². The average Bonchev–Trinajstić information content (AvgIpc) is 2.69. The van der Waals surface area contributed by atoms with E-state index >= 15 is 0 Å². The number of hydrogen-bond donors (Lipinski definition) is 0. The van der Waals surface area contributed by atoms with Crippen molar-refractivity contribution in [3.05, 3.63) is 66.2 Å². The molecule has 2 aromatic carbocycles. The first-order chi connectivity index (χ1) is 13.1. The highest BCUT2D eigenvalue weighted by atomic mass is 16.6. The molecule has 1 atom stereocenters. The molecule has 1 aliphatic heterocycles. The van der Waals surface area contributed by atoms with Crippen LogP contribution in [0.2, 0.25) is 0 Å². The molecule has 0 aliphatic carbocycles. The summed E-state index contributed by atoms with van der Waals surface area (Å²) in [5.41, 5.74) is 1.04. The van der Waals surface area contributed by atoms with E-state index in [4.69, 9.17) is 4.74 Å². The van der Waals surface area contributed by atoms with Crippen LogP contribution in [0.5, 0.6) is 5.75 Å². The van der Waals surface area contributed by atoms with Crippen molar-refractivity contribution in [2.45, 2.75) is 19.8 Å². The van der Waals surface area contributed by atoms with Gasteiger partial charge in [-0.3, -0.25) is 4.79 Å². The quantitative estimate of drug-likeness (QED) is 0.828. The first kappa shape index (κ1) is 19.0.